The number of hydrogen-bond acceptors (Lipinski definition) is 7. The van der Waals surface area contributed by atoms with E-state index in [0.717, 1.165) is 22.3 Å². The third-order valence-electron chi connectivity index (χ3n) is 7.02. The van der Waals surface area contributed by atoms with E-state index < -0.39 is 18.4 Å². The van der Waals surface area contributed by atoms with Gasteiger partial charge in [-0.15, -0.1) is 0 Å². The zero-order valence-corrected chi connectivity index (χ0v) is 25.2. The van der Waals surface area contributed by atoms with Crippen LogP contribution in [-0.2, 0) is 16.1 Å². The smallest absolute Gasteiger partial charge is 0.323 e. The molecule has 10 nitrogen and oxygen atoms in total. The molecule has 0 fully saturated rings. The van der Waals surface area contributed by atoms with Crippen molar-refractivity contribution in [3.8, 4) is 34.0 Å². The maximum atomic E-state index is 13.2. The van der Waals surface area contributed by atoms with E-state index in [1.807, 2.05) is 24.3 Å². The minimum atomic E-state index is -1.13. The van der Waals surface area contributed by atoms with Crippen molar-refractivity contribution in [2.75, 3.05) is 32.5 Å². The third-order valence-corrected chi connectivity index (χ3v) is 7.02. The molecular weight excluding hydrogens is 570 g/mol. The lowest BCUT2D eigenvalue weighted by atomic mass is 10.0. The molecule has 0 unspecified atom stereocenters. The second-order valence-electron chi connectivity index (χ2n) is 11.0. The normalized spacial score (nSPS) is 10.9. The fraction of sp³-hybridized carbons (Fsp3) is 0.171. The molecule has 228 valence electrons. The van der Waals surface area contributed by atoms with Gasteiger partial charge < -0.3 is 24.7 Å². The zero-order chi connectivity index (χ0) is 31.9. The molecule has 5 aromatic rings. The van der Waals surface area contributed by atoms with Crippen LogP contribution in [0.25, 0.3) is 34.0 Å². The van der Waals surface area contributed by atoms with Crippen molar-refractivity contribution < 1.29 is 24.0 Å². The first-order chi connectivity index (χ1) is 21.6. The van der Waals surface area contributed by atoms with Crippen LogP contribution in [0.15, 0.2) is 102 Å². The number of hydrogen-bond donors (Lipinski definition) is 2. The molecule has 0 aliphatic heterocycles. The lowest BCUT2D eigenvalue weighted by Crippen LogP contribution is -2.35. The number of nitrogens with one attached hydrogen (secondary N) is 1. The van der Waals surface area contributed by atoms with Gasteiger partial charge in [-0.1, -0.05) is 71.4 Å². The Balaban J connectivity index is 1.24. The maximum Gasteiger partial charge on any atom is 0.323 e. The van der Waals surface area contributed by atoms with E-state index in [9.17, 15) is 19.5 Å². The second-order valence-corrected chi connectivity index (χ2v) is 11.0. The molecule has 4 aromatic carbocycles. The molecular formula is C35H33N5O5. The van der Waals surface area contributed by atoms with Gasteiger partial charge in [0.15, 0.2) is 0 Å². The lowest BCUT2D eigenvalue weighted by Gasteiger charge is -2.21. The molecule has 5 rings (SSSR count). The van der Waals surface area contributed by atoms with E-state index in [0.29, 0.717) is 28.5 Å². The van der Waals surface area contributed by atoms with E-state index in [2.05, 4.69) is 46.6 Å². The highest BCUT2D eigenvalue weighted by molar-refractivity contribution is 5.97. The minimum absolute atomic E-state index is 0.0809. The predicted octanol–water partition coefficient (Wildman–Crippen LogP) is 5.61. The Morgan fingerprint density at radius 1 is 0.756 bits per heavy atom. The van der Waals surface area contributed by atoms with E-state index in [1.54, 1.807) is 67.5 Å². The Morgan fingerprint density at radius 3 is 1.93 bits per heavy atom. The Hall–Kier alpha value is -5.61. The Labute approximate surface area is 260 Å². The van der Waals surface area contributed by atoms with E-state index in [4.69, 9.17) is 4.52 Å². The number of nitrogens with zero attached hydrogens (tertiary/aromatic N) is 4. The average Bonchev–Trinajstić information content (AvgIpc) is 3.51. The highest BCUT2D eigenvalue weighted by Crippen LogP contribution is 2.26. The summed E-state index contributed by atoms with van der Waals surface area (Å²) in [5.74, 6) is -0.941. The molecule has 10 heteroatoms. The molecule has 1 heterocycles. The topological polar surface area (TPSA) is 129 Å². The molecule has 0 aliphatic carbocycles. The SMILES string of the molecule is Cc1ccc(-c2ccc(-c3nc(-c4ccc(CN(CC(=O)O)C(=O)c5ccc(NC(=O)CN(C)C)cc5)cc4)no3)cc2)cc1. The Kier molecular flexibility index (Phi) is 9.45. The van der Waals surface area contributed by atoms with Crippen molar-refractivity contribution in [1.29, 1.82) is 0 Å². The number of likely N-dealkylation sites (N-methyl/N-ethyl adjacent to an activating group) is 1. The van der Waals surface area contributed by atoms with Crippen LogP contribution in [0.4, 0.5) is 5.69 Å². The first-order valence-corrected chi connectivity index (χ1v) is 14.3. The van der Waals surface area contributed by atoms with Crippen molar-refractivity contribution in [2.24, 2.45) is 0 Å². The van der Waals surface area contributed by atoms with Crippen molar-refractivity contribution >= 4 is 23.5 Å². The lowest BCUT2D eigenvalue weighted by molar-refractivity contribution is -0.137. The largest absolute Gasteiger partial charge is 0.480 e. The standard InChI is InChI=1S/C35H33N5O5/c1-23-4-8-25(9-5-23)26-12-14-28(15-13-26)34-37-33(38-45-34)27-10-6-24(7-11-27)20-40(22-32(42)43)35(44)29-16-18-30(19-17-29)36-31(41)21-39(2)3/h4-19H,20-22H2,1-3H3,(H,36,41)(H,42,43). The van der Waals surface area contributed by atoms with Gasteiger partial charge in [0.05, 0.1) is 6.54 Å². The molecule has 0 bridgehead atoms. The van der Waals surface area contributed by atoms with Crippen LogP contribution < -0.4 is 5.32 Å². The Morgan fingerprint density at radius 2 is 1.33 bits per heavy atom. The van der Waals surface area contributed by atoms with Crippen LogP contribution in [0.5, 0.6) is 0 Å². The fourth-order valence-electron chi connectivity index (χ4n) is 4.72. The molecule has 2 N–H and O–H groups in total. The predicted molar refractivity (Wildman–Crippen MR) is 171 cm³/mol. The molecule has 2 amide bonds. The number of anilines is 1. The summed E-state index contributed by atoms with van der Waals surface area (Å²) in [6.45, 7) is 1.89. The fourth-order valence-corrected chi connectivity index (χ4v) is 4.72. The average molecular weight is 604 g/mol. The molecule has 45 heavy (non-hydrogen) atoms. The number of aromatic nitrogens is 2. The summed E-state index contributed by atoms with van der Waals surface area (Å²) in [7, 11) is 3.58. The van der Waals surface area contributed by atoms with Crippen molar-refractivity contribution in [1.82, 2.24) is 19.9 Å². The van der Waals surface area contributed by atoms with Crippen LogP contribution >= 0.6 is 0 Å². The van der Waals surface area contributed by atoms with Crippen LogP contribution in [0, 0.1) is 6.92 Å². The molecule has 0 radical (unpaired) electrons. The van der Waals surface area contributed by atoms with E-state index in [1.165, 1.54) is 10.5 Å². The van der Waals surface area contributed by atoms with Gasteiger partial charge in [-0.2, -0.15) is 4.98 Å². The number of carbonyl (C=O) groups is 3. The highest BCUT2D eigenvalue weighted by atomic mass is 16.5. The van der Waals surface area contributed by atoms with Gasteiger partial charge in [-0.3, -0.25) is 14.4 Å². The second kappa shape index (κ2) is 13.8. The van der Waals surface area contributed by atoms with Crippen LogP contribution in [0.1, 0.15) is 21.5 Å². The van der Waals surface area contributed by atoms with E-state index >= 15 is 0 Å². The molecule has 0 atom stereocenters. The molecule has 0 spiro atoms. The quantitative estimate of drug-likeness (QED) is 0.200. The maximum absolute atomic E-state index is 13.2. The van der Waals surface area contributed by atoms with E-state index in [-0.39, 0.29) is 19.0 Å². The number of benzene rings is 4. The van der Waals surface area contributed by atoms with Gasteiger partial charge in [-0.05, 0) is 74.1 Å². The molecule has 0 saturated carbocycles. The number of rotatable bonds is 11. The van der Waals surface area contributed by atoms with Gasteiger partial charge in [0, 0.05) is 28.9 Å². The minimum Gasteiger partial charge on any atom is -0.480 e. The molecule has 0 aliphatic rings. The zero-order valence-electron chi connectivity index (χ0n) is 25.2. The van der Waals surface area contributed by atoms with Gasteiger partial charge in [0.1, 0.15) is 6.54 Å². The number of amides is 2. The Bertz CT molecular complexity index is 1780. The first-order valence-electron chi connectivity index (χ1n) is 14.3. The van der Waals surface area contributed by atoms with Crippen LogP contribution in [0.3, 0.4) is 0 Å². The first kappa shape index (κ1) is 30.8. The number of aryl methyl sites for hydroxylation is 1. The highest BCUT2D eigenvalue weighted by Gasteiger charge is 2.20. The summed E-state index contributed by atoms with van der Waals surface area (Å²) < 4.78 is 5.53. The summed E-state index contributed by atoms with van der Waals surface area (Å²) >= 11 is 0. The number of carboxylic acid groups (broad SMARTS) is 1. The summed E-state index contributed by atoms with van der Waals surface area (Å²) in [5.41, 5.74) is 6.52. The van der Waals surface area contributed by atoms with Gasteiger partial charge in [-0.25, -0.2) is 0 Å². The number of carboxylic acids is 1. The summed E-state index contributed by atoms with van der Waals surface area (Å²) in [6.07, 6.45) is 0. The van der Waals surface area contributed by atoms with Crippen molar-refractivity contribution in [2.45, 2.75) is 13.5 Å². The number of aliphatic carboxylic acids is 1. The summed E-state index contributed by atoms with van der Waals surface area (Å²) in [5, 5.41) is 16.4. The van der Waals surface area contributed by atoms with Crippen LogP contribution in [-0.4, -0.2) is 70.0 Å². The van der Waals surface area contributed by atoms with Crippen molar-refractivity contribution in [3.63, 3.8) is 0 Å². The molecule has 0 saturated heterocycles. The third kappa shape index (κ3) is 8.07. The number of carbonyl (C=O) groups excluding carboxylic acids is 2. The van der Waals surface area contributed by atoms with Gasteiger partial charge in [0.2, 0.25) is 11.7 Å². The van der Waals surface area contributed by atoms with Gasteiger partial charge in [0.25, 0.3) is 11.8 Å². The van der Waals surface area contributed by atoms with Crippen molar-refractivity contribution in [3.05, 3.63) is 114 Å². The summed E-state index contributed by atoms with van der Waals surface area (Å²) in [4.78, 5) is 44.4. The molecule has 1 aromatic heterocycles. The van der Waals surface area contributed by atoms with Gasteiger partial charge >= 0.3 is 5.97 Å². The summed E-state index contributed by atoms with van der Waals surface area (Å²) in [6, 6.07) is 29.8. The van der Waals surface area contributed by atoms with Crippen LogP contribution in [0.2, 0.25) is 0 Å². The monoisotopic (exact) mass is 603 g/mol.